The average Bonchev–Trinajstić information content (AvgIpc) is 3.33. The predicted octanol–water partition coefficient (Wildman–Crippen LogP) is 9.47. The van der Waals surface area contributed by atoms with Gasteiger partial charge in [-0.15, -0.1) is 0 Å². The van der Waals surface area contributed by atoms with Gasteiger partial charge in [0.2, 0.25) is 0 Å². The van der Waals surface area contributed by atoms with Crippen LogP contribution in [0.1, 0.15) is 5.56 Å². The molecule has 7 aromatic rings. The second-order valence-corrected chi connectivity index (χ2v) is 9.91. The molecule has 7 rings (SSSR count). The molecule has 3 heteroatoms. The first-order valence-corrected chi connectivity index (χ1v) is 13.2. The summed E-state index contributed by atoms with van der Waals surface area (Å²) in [4.78, 5) is 13.2. The highest BCUT2D eigenvalue weighted by Gasteiger charge is 2.17. The third-order valence-corrected chi connectivity index (χ3v) is 7.50. The molecule has 0 atom stereocenters. The Hall–Kier alpha value is -5.41. The molecule has 190 valence electrons. The highest BCUT2D eigenvalue weighted by molar-refractivity contribution is 6.17. The zero-order chi connectivity index (χ0) is 27.2. The highest BCUT2D eigenvalue weighted by Crippen LogP contribution is 2.37. The van der Waals surface area contributed by atoms with E-state index in [1.165, 1.54) is 0 Å². The lowest BCUT2D eigenvalue weighted by Gasteiger charge is -2.14. The van der Waals surface area contributed by atoms with Crippen molar-refractivity contribution in [3.63, 3.8) is 0 Å². The van der Waals surface area contributed by atoms with Crippen molar-refractivity contribution in [2.45, 2.75) is 0 Å². The third kappa shape index (κ3) is 3.79. The molecule has 5 aromatic carbocycles. The van der Waals surface area contributed by atoms with E-state index >= 15 is 0 Å². The van der Waals surface area contributed by atoms with Crippen molar-refractivity contribution in [3.05, 3.63) is 157 Å². The summed E-state index contributed by atoms with van der Waals surface area (Å²) in [5, 5.41) is 4.58. The Morgan fingerprint density at radius 1 is 0.675 bits per heavy atom. The normalized spacial score (nSPS) is 11.7. The Bertz CT molecular complexity index is 2210. The maximum absolute atomic E-state index is 13.2. The number of benzene rings is 5. The fraction of sp³-hybridized carbons (Fsp3) is 0. The van der Waals surface area contributed by atoms with Gasteiger partial charge in [0, 0.05) is 27.2 Å². The average molecular weight is 516 g/mol. The summed E-state index contributed by atoms with van der Waals surface area (Å²) in [5.74, 6) is 0. The molecule has 0 saturated heterocycles. The zero-order valence-corrected chi connectivity index (χ0v) is 21.8. The second kappa shape index (κ2) is 9.40. The molecule has 0 N–H and O–H groups in total. The van der Waals surface area contributed by atoms with E-state index in [1.54, 1.807) is 6.08 Å². The number of nitrogens with zero attached hydrogens (tertiary/aromatic N) is 1. The van der Waals surface area contributed by atoms with Crippen LogP contribution in [-0.2, 0) is 0 Å². The van der Waals surface area contributed by atoms with Crippen molar-refractivity contribution >= 4 is 49.1 Å². The van der Waals surface area contributed by atoms with E-state index in [-0.39, 0.29) is 5.63 Å². The van der Waals surface area contributed by atoms with E-state index in [0.717, 1.165) is 60.5 Å². The van der Waals surface area contributed by atoms with Crippen LogP contribution in [0.15, 0.2) is 150 Å². The molecule has 0 aliphatic rings. The first-order valence-electron chi connectivity index (χ1n) is 13.2. The Morgan fingerprint density at radius 3 is 2.25 bits per heavy atom. The van der Waals surface area contributed by atoms with Crippen LogP contribution >= 0.6 is 0 Å². The molecule has 0 amide bonds. The summed E-state index contributed by atoms with van der Waals surface area (Å²) in [7, 11) is 0. The summed E-state index contributed by atoms with van der Waals surface area (Å²) in [6, 6.07) is 37.0. The van der Waals surface area contributed by atoms with Gasteiger partial charge < -0.3 is 8.98 Å². The summed E-state index contributed by atoms with van der Waals surface area (Å²) in [6.07, 6.45) is 5.62. The van der Waals surface area contributed by atoms with Gasteiger partial charge in [-0.1, -0.05) is 98.1 Å². The monoisotopic (exact) mass is 515 g/mol. The minimum Gasteiger partial charge on any atom is -0.422 e. The van der Waals surface area contributed by atoms with E-state index in [9.17, 15) is 4.79 Å². The van der Waals surface area contributed by atoms with Gasteiger partial charge in [0.25, 0.3) is 0 Å². The molecule has 3 nitrogen and oxygen atoms in total. The largest absolute Gasteiger partial charge is 0.422 e. The van der Waals surface area contributed by atoms with Gasteiger partial charge in [0.15, 0.2) is 0 Å². The molecule has 0 fully saturated rings. The lowest BCUT2D eigenvalue weighted by Crippen LogP contribution is -2.01. The summed E-state index contributed by atoms with van der Waals surface area (Å²) >= 11 is 0. The number of aromatic nitrogens is 1. The van der Waals surface area contributed by atoms with Gasteiger partial charge in [-0.25, -0.2) is 4.79 Å². The van der Waals surface area contributed by atoms with Crippen molar-refractivity contribution in [3.8, 4) is 16.8 Å². The van der Waals surface area contributed by atoms with Crippen LogP contribution in [-0.4, -0.2) is 4.57 Å². The number of rotatable bonds is 5. The SMILES string of the molecule is C=C/C=C\C(=C)c1cc(-c2ccccc2)cc(-n2c3ccccc3c3cc4c(cc32)c(=O)oc2ccccc24)c1. The molecule has 0 spiro atoms. The van der Waals surface area contributed by atoms with Crippen LogP contribution in [0.3, 0.4) is 0 Å². The maximum atomic E-state index is 13.2. The predicted molar refractivity (Wildman–Crippen MR) is 168 cm³/mol. The molecule has 0 radical (unpaired) electrons. The number of hydrogen-bond donors (Lipinski definition) is 0. The first-order chi connectivity index (χ1) is 19.6. The molecule has 2 aromatic heterocycles. The van der Waals surface area contributed by atoms with Crippen LogP contribution in [0.4, 0.5) is 0 Å². The zero-order valence-electron chi connectivity index (χ0n) is 21.8. The van der Waals surface area contributed by atoms with Gasteiger partial charge in [-0.3, -0.25) is 0 Å². The van der Waals surface area contributed by atoms with E-state index in [2.05, 4.69) is 78.4 Å². The molecule has 2 heterocycles. The van der Waals surface area contributed by atoms with Crippen molar-refractivity contribution in [1.82, 2.24) is 4.57 Å². The summed E-state index contributed by atoms with van der Waals surface area (Å²) < 4.78 is 7.95. The Kier molecular flexibility index (Phi) is 5.57. The third-order valence-electron chi connectivity index (χ3n) is 7.50. The van der Waals surface area contributed by atoms with E-state index < -0.39 is 0 Å². The first kappa shape index (κ1) is 23.7. The highest BCUT2D eigenvalue weighted by atomic mass is 16.4. The van der Waals surface area contributed by atoms with E-state index in [4.69, 9.17) is 4.42 Å². The van der Waals surface area contributed by atoms with Gasteiger partial charge in [0.1, 0.15) is 5.58 Å². The summed E-state index contributed by atoms with van der Waals surface area (Å²) in [6.45, 7) is 8.13. The quantitative estimate of drug-likeness (QED) is 0.130. The number of hydrogen-bond acceptors (Lipinski definition) is 2. The molecule has 0 bridgehead atoms. The van der Waals surface area contributed by atoms with Crippen molar-refractivity contribution < 1.29 is 4.42 Å². The number of allylic oxidation sites excluding steroid dienone is 4. The van der Waals surface area contributed by atoms with Crippen LogP contribution in [0, 0.1) is 0 Å². The standard InChI is InChI=1S/C37H25NO2/c1-3-4-12-24(2)26-19-27(25-13-6-5-7-14-25)21-28(20-26)38-34-17-10-8-15-29(34)32-22-31-30-16-9-11-18-36(30)40-37(39)33(31)23-35(32)38/h3-23H,1-2H2/b12-4-. The fourth-order valence-corrected chi connectivity index (χ4v) is 5.62. The molecule has 0 saturated carbocycles. The Labute approximate surface area is 231 Å². The van der Waals surface area contributed by atoms with Crippen LogP contribution in [0.25, 0.3) is 65.9 Å². The lowest BCUT2D eigenvalue weighted by molar-refractivity contribution is 0.570. The molecular weight excluding hydrogens is 490 g/mol. The van der Waals surface area contributed by atoms with Crippen LogP contribution < -0.4 is 5.63 Å². The Balaban J connectivity index is 1.59. The smallest absolute Gasteiger partial charge is 0.344 e. The van der Waals surface area contributed by atoms with E-state index in [1.807, 2.05) is 60.7 Å². The van der Waals surface area contributed by atoms with Crippen LogP contribution in [0.2, 0.25) is 0 Å². The van der Waals surface area contributed by atoms with Crippen LogP contribution in [0.5, 0.6) is 0 Å². The lowest BCUT2D eigenvalue weighted by atomic mass is 9.98. The van der Waals surface area contributed by atoms with Crippen molar-refractivity contribution in [1.29, 1.82) is 0 Å². The molecule has 0 aliphatic carbocycles. The Morgan fingerprint density at radius 2 is 1.43 bits per heavy atom. The van der Waals surface area contributed by atoms with Crippen molar-refractivity contribution in [2.24, 2.45) is 0 Å². The second-order valence-electron chi connectivity index (χ2n) is 9.91. The fourth-order valence-electron chi connectivity index (χ4n) is 5.62. The minimum atomic E-state index is -0.339. The topological polar surface area (TPSA) is 35.1 Å². The van der Waals surface area contributed by atoms with Gasteiger partial charge in [-0.05, 0) is 64.7 Å². The van der Waals surface area contributed by atoms with E-state index in [0.29, 0.717) is 11.0 Å². The van der Waals surface area contributed by atoms with Gasteiger partial charge in [-0.2, -0.15) is 0 Å². The molecule has 40 heavy (non-hydrogen) atoms. The van der Waals surface area contributed by atoms with Gasteiger partial charge in [0.05, 0.1) is 16.4 Å². The maximum Gasteiger partial charge on any atom is 0.344 e. The molecular formula is C37H25NO2. The molecule has 0 aliphatic heterocycles. The number of fused-ring (bicyclic) bond motifs is 6. The summed E-state index contributed by atoms with van der Waals surface area (Å²) in [5.41, 5.74) is 7.33. The number of para-hydroxylation sites is 2. The van der Waals surface area contributed by atoms with Crippen molar-refractivity contribution in [2.75, 3.05) is 0 Å². The molecule has 0 unspecified atom stereocenters. The minimum absolute atomic E-state index is 0.339. The van der Waals surface area contributed by atoms with Gasteiger partial charge >= 0.3 is 5.63 Å².